The van der Waals surface area contributed by atoms with Crippen LogP contribution in [0.15, 0.2) is 0 Å². The molecule has 0 aromatic heterocycles. The van der Waals surface area contributed by atoms with E-state index in [1.165, 1.54) is 6.42 Å². The van der Waals surface area contributed by atoms with Crippen LogP contribution in [0.5, 0.6) is 0 Å². The molecular formula is C35H54O10. The van der Waals surface area contributed by atoms with E-state index >= 15 is 0 Å². The minimum absolute atomic E-state index is 0.00470. The zero-order chi connectivity index (χ0) is 31.9. The Kier molecular flexibility index (Phi) is 6.02. The number of rotatable bonds is 2. The first-order valence-electron chi connectivity index (χ1n) is 17.7. The van der Waals surface area contributed by atoms with Crippen LogP contribution >= 0.6 is 0 Å². The standard InChI is InChI=1S/C35H54O10/c1-16-12-35(27-32(6,44-27)28(40)45-35)43-19-13-31(5)20-11-17(36)25-29(2,3)21(42-26-24(39)23(38)18(37)14-41-26)7-8-34(25)15-33(20,34)10-9-30(31,4)22(16)19/h16-28,36-40H,7-15H2,1-6H3/t16-,17+,18-,19+,20+,21+,22+,23+,24-,25+,26+,27+,28+,30-,31+,32-,33+,34-,35-/m1/s1. The molecule has 9 aliphatic rings. The molecule has 10 nitrogen and oxygen atoms in total. The maximum Gasteiger partial charge on any atom is 0.201 e. The van der Waals surface area contributed by atoms with Crippen molar-refractivity contribution >= 4 is 0 Å². The molecule has 0 radical (unpaired) electrons. The van der Waals surface area contributed by atoms with Gasteiger partial charge in [-0.2, -0.15) is 0 Å². The van der Waals surface area contributed by atoms with Crippen LogP contribution in [0.25, 0.3) is 0 Å². The number of aliphatic hydroxyl groups excluding tert-OH is 5. The van der Waals surface area contributed by atoms with Crippen molar-refractivity contribution in [1.82, 2.24) is 0 Å². The Balaban J connectivity index is 0.995. The molecule has 9 rings (SSSR count). The lowest BCUT2D eigenvalue weighted by atomic mass is 9.41. The summed E-state index contributed by atoms with van der Waals surface area (Å²) >= 11 is 0. The van der Waals surface area contributed by atoms with Gasteiger partial charge in [-0.25, -0.2) is 0 Å². The van der Waals surface area contributed by atoms with Crippen LogP contribution in [0.4, 0.5) is 0 Å². The predicted molar refractivity (Wildman–Crippen MR) is 158 cm³/mol. The van der Waals surface area contributed by atoms with Crippen LogP contribution < -0.4 is 0 Å². The van der Waals surface area contributed by atoms with E-state index in [1.807, 2.05) is 6.92 Å². The molecule has 5 saturated carbocycles. The van der Waals surface area contributed by atoms with E-state index < -0.39 is 48.4 Å². The monoisotopic (exact) mass is 634 g/mol. The fraction of sp³-hybridized carbons (Fsp3) is 1.00. The molecule has 0 aromatic rings. The summed E-state index contributed by atoms with van der Waals surface area (Å²) in [6, 6.07) is 0. The lowest BCUT2D eigenvalue weighted by Crippen LogP contribution is -2.63. The third-order valence-electron chi connectivity index (χ3n) is 16.4. The van der Waals surface area contributed by atoms with Crippen molar-refractivity contribution in [3.05, 3.63) is 0 Å². The number of hydrogen-bond donors (Lipinski definition) is 5. The topological polar surface area (TPSA) is 151 Å². The van der Waals surface area contributed by atoms with Gasteiger partial charge >= 0.3 is 0 Å². The Morgan fingerprint density at radius 2 is 1.53 bits per heavy atom. The van der Waals surface area contributed by atoms with E-state index in [0.717, 1.165) is 44.9 Å². The summed E-state index contributed by atoms with van der Waals surface area (Å²) in [7, 11) is 0. The fourth-order valence-electron chi connectivity index (χ4n) is 14.3. The quantitative estimate of drug-likeness (QED) is 0.226. The largest absolute Gasteiger partial charge is 0.393 e. The summed E-state index contributed by atoms with van der Waals surface area (Å²) in [5, 5.41) is 53.7. The van der Waals surface area contributed by atoms with Gasteiger partial charge in [-0.05, 0) is 103 Å². The maximum absolute atomic E-state index is 12.2. The van der Waals surface area contributed by atoms with Gasteiger partial charge in [0.05, 0.1) is 24.9 Å². The molecule has 0 unspecified atom stereocenters. The summed E-state index contributed by atoms with van der Waals surface area (Å²) in [6.45, 7) is 13.6. The van der Waals surface area contributed by atoms with Gasteiger partial charge in [0.1, 0.15) is 30.0 Å². The Hall–Kier alpha value is -0.400. The van der Waals surface area contributed by atoms with Crippen LogP contribution in [0, 0.1) is 50.7 Å². The van der Waals surface area contributed by atoms with Crippen LogP contribution in [0.2, 0.25) is 0 Å². The van der Waals surface area contributed by atoms with Crippen LogP contribution in [0.1, 0.15) is 92.9 Å². The van der Waals surface area contributed by atoms with E-state index in [2.05, 4.69) is 34.6 Å². The van der Waals surface area contributed by atoms with Gasteiger partial charge in [0.2, 0.25) is 5.79 Å². The predicted octanol–water partition coefficient (Wildman–Crippen LogP) is 2.46. The van der Waals surface area contributed by atoms with Crippen molar-refractivity contribution in [2.75, 3.05) is 6.61 Å². The highest BCUT2D eigenvalue weighted by atomic mass is 16.8. The van der Waals surface area contributed by atoms with Crippen LogP contribution in [0.3, 0.4) is 0 Å². The number of ether oxygens (including phenoxy) is 5. The highest BCUT2D eigenvalue weighted by molar-refractivity contribution is 5.33. The minimum atomic E-state index is -1.32. The van der Waals surface area contributed by atoms with Gasteiger partial charge in [0.15, 0.2) is 12.6 Å². The molecule has 0 amide bonds. The van der Waals surface area contributed by atoms with E-state index in [0.29, 0.717) is 17.8 Å². The first kappa shape index (κ1) is 30.6. The average molecular weight is 635 g/mol. The Labute approximate surface area is 266 Å². The molecule has 19 atom stereocenters. The van der Waals surface area contributed by atoms with Crippen LogP contribution in [-0.4, -0.2) is 98.8 Å². The SMILES string of the molecule is C[C@@H]1C[C@@]2(O[C@H]3C[C@@]4(C)[C@@H]5C[C@H](O)[C@H]6C(C)(C)[C@@H](O[C@@H]7OC[C@@H](O)[C@H](O)[C@H]7O)CC[C@@]67C[C@@]57CC[C@]4(C)[C@@H]13)O[C@H](O)[C@]1(C)O[C@H]21. The average Bonchev–Trinajstić information content (AvgIpc) is 3.79. The van der Waals surface area contributed by atoms with Crippen molar-refractivity contribution in [3.63, 3.8) is 0 Å². The molecular weight excluding hydrogens is 580 g/mol. The lowest BCUT2D eigenvalue weighted by Gasteiger charge is -2.64. The van der Waals surface area contributed by atoms with Gasteiger partial charge in [0, 0.05) is 6.42 Å². The molecule has 254 valence electrons. The summed E-state index contributed by atoms with van der Waals surface area (Å²) in [4.78, 5) is 0. The minimum Gasteiger partial charge on any atom is -0.393 e. The molecule has 4 saturated heterocycles. The Morgan fingerprint density at radius 3 is 2.22 bits per heavy atom. The highest BCUT2D eigenvalue weighted by Crippen LogP contribution is 2.89. The number of fused-ring (bicyclic) bond motifs is 6. The van der Waals surface area contributed by atoms with E-state index in [9.17, 15) is 25.5 Å². The second-order valence-corrected chi connectivity index (χ2v) is 18.4. The highest BCUT2D eigenvalue weighted by Gasteiger charge is 2.86. The molecule has 45 heavy (non-hydrogen) atoms. The summed E-state index contributed by atoms with van der Waals surface area (Å²) in [5.74, 6) is 0.318. The fourth-order valence-corrected chi connectivity index (χ4v) is 14.3. The van der Waals surface area contributed by atoms with Gasteiger partial charge < -0.3 is 49.2 Å². The number of hydrogen-bond acceptors (Lipinski definition) is 10. The molecule has 9 fully saturated rings. The van der Waals surface area contributed by atoms with Crippen molar-refractivity contribution in [3.8, 4) is 0 Å². The van der Waals surface area contributed by atoms with Gasteiger partial charge in [-0.15, -0.1) is 0 Å². The molecule has 4 heterocycles. The van der Waals surface area contributed by atoms with E-state index in [4.69, 9.17) is 23.7 Å². The molecule has 4 aliphatic heterocycles. The molecule has 10 heteroatoms. The van der Waals surface area contributed by atoms with Gasteiger partial charge in [-0.3, -0.25) is 0 Å². The van der Waals surface area contributed by atoms with E-state index in [1.54, 1.807) is 0 Å². The van der Waals surface area contributed by atoms with Crippen molar-refractivity contribution < 1.29 is 49.2 Å². The summed E-state index contributed by atoms with van der Waals surface area (Å²) in [6.07, 6.45) is 0.988. The maximum atomic E-state index is 12.2. The zero-order valence-electron chi connectivity index (χ0n) is 27.6. The summed E-state index contributed by atoms with van der Waals surface area (Å²) < 4.78 is 31.2. The molecule has 5 aliphatic carbocycles. The van der Waals surface area contributed by atoms with E-state index in [-0.39, 0.29) is 57.9 Å². The third kappa shape index (κ3) is 3.42. The molecule has 5 N–H and O–H groups in total. The van der Waals surface area contributed by atoms with Crippen LogP contribution in [-0.2, 0) is 23.7 Å². The second kappa shape index (κ2) is 8.84. The molecule has 3 spiro atoms. The second-order valence-electron chi connectivity index (χ2n) is 18.4. The number of aliphatic hydroxyl groups is 5. The smallest absolute Gasteiger partial charge is 0.201 e. The zero-order valence-corrected chi connectivity index (χ0v) is 27.6. The van der Waals surface area contributed by atoms with Crippen molar-refractivity contribution in [2.45, 2.75) is 160 Å². The van der Waals surface area contributed by atoms with Crippen molar-refractivity contribution in [2.24, 2.45) is 50.7 Å². The normalized spacial score (nSPS) is 66.9. The van der Waals surface area contributed by atoms with Crippen molar-refractivity contribution in [1.29, 1.82) is 0 Å². The van der Waals surface area contributed by atoms with Gasteiger partial charge in [-0.1, -0.05) is 34.6 Å². The number of epoxide rings is 1. The first-order valence-corrected chi connectivity index (χ1v) is 17.7. The summed E-state index contributed by atoms with van der Waals surface area (Å²) in [5.41, 5.74) is -0.740. The first-order chi connectivity index (χ1) is 21.0. The lowest BCUT2D eigenvalue weighted by molar-refractivity contribution is -0.344. The Morgan fingerprint density at radius 1 is 0.778 bits per heavy atom. The third-order valence-corrected chi connectivity index (χ3v) is 16.4. The molecule has 0 bridgehead atoms. The Bertz CT molecular complexity index is 1280. The molecule has 0 aromatic carbocycles. The van der Waals surface area contributed by atoms with Gasteiger partial charge in [0.25, 0.3) is 0 Å².